The van der Waals surface area contributed by atoms with Crippen molar-refractivity contribution in [2.75, 3.05) is 22.7 Å². The molecule has 0 aliphatic carbocycles. The molecule has 0 fully saturated rings. The number of benzene rings is 3. The molecular formula is C29H25N7O4. The first-order valence-corrected chi connectivity index (χ1v) is 12.4. The normalized spacial score (nSPS) is 10.7. The van der Waals surface area contributed by atoms with Crippen molar-refractivity contribution >= 4 is 41.4 Å². The maximum atomic E-state index is 12.3. The van der Waals surface area contributed by atoms with Gasteiger partial charge in [-0.1, -0.05) is 36.4 Å². The van der Waals surface area contributed by atoms with Gasteiger partial charge in [0.25, 0.3) is 0 Å². The van der Waals surface area contributed by atoms with Crippen LogP contribution < -0.4 is 25.5 Å². The highest BCUT2D eigenvalue weighted by Gasteiger charge is 2.15. The molecule has 200 valence electrons. The van der Waals surface area contributed by atoms with Crippen molar-refractivity contribution in [2.45, 2.75) is 6.92 Å². The van der Waals surface area contributed by atoms with E-state index < -0.39 is 5.97 Å². The van der Waals surface area contributed by atoms with E-state index >= 15 is 0 Å². The second kappa shape index (κ2) is 12.7. The predicted molar refractivity (Wildman–Crippen MR) is 152 cm³/mol. The van der Waals surface area contributed by atoms with Gasteiger partial charge in [0.15, 0.2) is 11.5 Å². The molecule has 0 saturated carbocycles. The lowest BCUT2D eigenvalue weighted by atomic mass is 10.2. The van der Waals surface area contributed by atoms with E-state index in [4.69, 9.17) is 13.9 Å². The highest BCUT2D eigenvalue weighted by atomic mass is 16.6. The van der Waals surface area contributed by atoms with Crippen LogP contribution in [-0.2, 0) is 0 Å². The van der Waals surface area contributed by atoms with Gasteiger partial charge in [-0.15, -0.1) is 0 Å². The molecule has 5 rings (SSSR count). The Balaban J connectivity index is 1.33. The van der Waals surface area contributed by atoms with E-state index in [2.05, 4.69) is 36.1 Å². The molecule has 0 bridgehead atoms. The van der Waals surface area contributed by atoms with E-state index in [0.29, 0.717) is 29.8 Å². The number of aromatic nitrogens is 3. The fraction of sp³-hybridized carbons (Fsp3) is 0.0690. The third-order valence-electron chi connectivity index (χ3n) is 5.27. The molecule has 11 heteroatoms. The number of hydrogen-bond donors (Lipinski definition) is 3. The lowest BCUT2D eigenvalue weighted by Crippen LogP contribution is -2.09. The highest BCUT2D eigenvalue weighted by molar-refractivity contribution is 5.89. The Morgan fingerprint density at radius 3 is 2.08 bits per heavy atom. The van der Waals surface area contributed by atoms with Gasteiger partial charge in [-0.05, 0) is 67.1 Å². The Bertz CT molecular complexity index is 1520. The number of esters is 1. The molecule has 0 atom stereocenters. The minimum absolute atomic E-state index is 0.0943. The molecule has 11 nitrogen and oxygen atoms in total. The molecule has 0 aliphatic heterocycles. The van der Waals surface area contributed by atoms with Gasteiger partial charge in [-0.25, -0.2) is 10.2 Å². The van der Waals surface area contributed by atoms with Crippen LogP contribution in [0.2, 0.25) is 0 Å². The number of nitrogens with one attached hydrogen (secondary N) is 3. The zero-order chi connectivity index (χ0) is 27.6. The number of carbonyl (C=O) groups excluding carboxylic acids is 1. The Hall–Kier alpha value is -5.71. The molecule has 0 aliphatic rings. The first-order valence-electron chi connectivity index (χ1n) is 12.4. The molecule has 2 aromatic heterocycles. The lowest BCUT2D eigenvalue weighted by molar-refractivity contribution is 0.0695. The van der Waals surface area contributed by atoms with Crippen LogP contribution in [0, 0.1) is 0 Å². The van der Waals surface area contributed by atoms with E-state index in [-0.39, 0.29) is 17.5 Å². The first kappa shape index (κ1) is 25.9. The fourth-order valence-corrected chi connectivity index (χ4v) is 3.51. The largest absolute Gasteiger partial charge is 0.490 e. The fourth-order valence-electron chi connectivity index (χ4n) is 3.51. The minimum Gasteiger partial charge on any atom is -0.490 e. The van der Waals surface area contributed by atoms with Crippen molar-refractivity contribution in [2.24, 2.45) is 5.10 Å². The van der Waals surface area contributed by atoms with Crippen LogP contribution in [-0.4, -0.2) is 33.7 Å². The van der Waals surface area contributed by atoms with Gasteiger partial charge < -0.3 is 24.5 Å². The summed E-state index contributed by atoms with van der Waals surface area (Å²) in [5.41, 5.74) is 5.19. The summed E-state index contributed by atoms with van der Waals surface area (Å²) in [5, 5.41) is 10.6. The predicted octanol–water partition coefficient (Wildman–Crippen LogP) is 6.02. The molecule has 0 saturated heterocycles. The first-order chi connectivity index (χ1) is 19.7. The molecular weight excluding hydrogens is 510 g/mol. The van der Waals surface area contributed by atoms with Gasteiger partial charge in [0.1, 0.15) is 0 Å². The van der Waals surface area contributed by atoms with Gasteiger partial charge >= 0.3 is 5.97 Å². The van der Waals surface area contributed by atoms with Crippen LogP contribution in [0.1, 0.15) is 23.0 Å². The third kappa shape index (κ3) is 6.98. The second-order valence-electron chi connectivity index (χ2n) is 8.16. The number of nitrogens with zero attached hydrogens (tertiary/aromatic N) is 4. The summed E-state index contributed by atoms with van der Waals surface area (Å²) in [4.78, 5) is 25.6. The standard InChI is InChI=1S/C29H25N7O4/c1-2-38-25-18-20(15-16-23(25)40-26(37)24-14-9-17-39-24)19-30-36-29-34-27(31-21-10-5-3-6-11-21)33-28(35-29)32-22-12-7-4-8-13-22/h3-19H,2H2,1H3,(H3,31,32,33,34,35,36)/b30-19+. The highest BCUT2D eigenvalue weighted by Crippen LogP contribution is 2.29. The van der Waals surface area contributed by atoms with Crippen LogP contribution in [0.5, 0.6) is 11.5 Å². The van der Waals surface area contributed by atoms with E-state index in [1.807, 2.05) is 67.6 Å². The van der Waals surface area contributed by atoms with Crippen LogP contribution in [0.3, 0.4) is 0 Å². The van der Waals surface area contributed by atoms with E-state index in [1.54, 1.807) is 30.5 Å². The van der Waals surface area contributed by atoms with Crippen molar-refractivity contribution in [1.82, 2.24) is 15.0 Å². The van der Waals surface area contributed by atoms with Crippen molar-refractivity contribution in [3.8, 4) is 11.5 Å². The minimum atomic E-state index is -0.622. The topological polar surface area (TPSA) is 136 Å². The number of para-hydroxylation sites is 2. The molecule has 3 N–H and O–H groups in total. The van der Waals surface area contributed by atoms with Crippen LogP contribution in [0.25, 0.3) is 0 Å². The maximum Gasteiger partial charge on any atom is 0.379 e. The molecule has 40 heavy (non-hydrogen) atoms. The number of ether oxygens (including phenoxy) is 2. The number of rotatable bonds is 11. The van der Waals surface area contributed by atoms with E-state index in [9.17, 15) is 4.79 Å². The van der Waals surface area contributed by atoms with Gasteiger partial charge in [0.05, 0.1) is 19.1 Å². The molecule has 0 spiro atoms. The van der Waals surface area contributed by atoms with Crippen LogP contribution in [0.4, 0.5) is 29.2 Å². The number of anilines is 5. The quantitative estimate of drug-likeness (QED) is 0.0797. The Morgan fingerprint density at radius 2 is 1.48 bits per heavy atom. The van der Waals surface area contributed by atoms with E-state index in [1.165, 1.54) is 12.3 Å². The van der Waals surface area contributed by atoms with Crippen molar-refractivity contribution in [3.05, 3.63) is 109 Å². The summed E-state index contributed by atoms with van der Waals surface area (Å²) in [5.74, 6) is 1.00. The Morgan fingerprint density at radius 1 is 0.825 bits per heavy atom. The SMILES string of the molecule is CCOc1cc(/C=N/Nc2nc(Nc3ccccc3)nc(Nc3ccccc3)n2)ccc1OC(=O)c1ccco1. The van der Waals surface area contributed by atoms with Crippen LogP contribution in [0.15, 0.2) is 107 Å². The van der Waals surface area contributed by atoms with Crippen molar-refractivity contribution in [3.63, 3.8) is 0 Å². The summed E-state index contributed by atoms with van der Waals surface area (Å²) >= 11 is 0. The van der Waals surface area contributed by atoms with E-state index in [0.717, 1.165) is 11.4 Å². The zero-order valence-corrected chi connectivity index (χ0v) is 21.4. The number of hydrazone groups is 1. The zero-order valence-electron chi connectivity index (χ0n) is 21.4. The second-order valence-corrected chi connectivity index (χ2v) is 8.16. The molecule has 3 aromatic carbocycles. The summed E-state index contributed by atoms with van der Waals surface area (Å²) < 4.78 is 16.2. The Labute approximate surface area is 229 Å². The number of hydrogen-bond acceptors (Lipinski definition) is 11. The average Bonchev–Trinajstić information content (AvgIpc) is 3.51. The molecule has 0 radical (unpaired) electrons. The molecule has 5 aromatic rings. The summed E-state index contributed by atoms with van der Waals surface area (Å²) in [6, 6.07) is 27.3. The summed E-state index contributed by atoms with van der Waals surface area (Å²) in [6.07, 6.45) is 2.97. The van der Waals surface area contributed by atoms with Gasteiger partial charge in [-0.2, -0.15) is 20.1 Å². The van der Waals surface area contributed by atoms with Crippen molar-refractivity contribution < 1.29 is 18.7 Å². The smallest absolute Gasteiger partial charge is 0.379 e. The molecule has 0 amide bonds. The van der Waals surface area contributed by atoms with Gasteiger partial charge in [0, 0.05) is 11.4 Å². The lowest BCUT2D eigenvalue weighted by Gasteiger charge is -2.11. The van der Waals surface area contributed by atoms with Crippen LogP contribution >= 0.6 is 0 Å². The summed E-state index contributed by atoms with van der Waals surface area (Å²) in [6.45, 7) is 2.22. The maximum absolute atomic E-state index is 12.3. The van der Waals surface area contributed by atoms with Gasteiger partial charge in [-0.3, -0.25) is 0 Å². The monoisotopic (exact) mass is 535 g/mol. The summed E-state index contributed by atoms with van der Waals surface area (Å²) in [7, 11) is 0. The third-order valence-corrected chi connectivity index (χ3v) is 5.27. The molecule has 2 heterocycles. The Kier molecular flexibility index (Phi) is 8.23. The average molecular weight is 536 g/mol. The van der Waals surface area contributed by atoms with Crippen molar-refractivity contribution in [1.29, 1.82) is 0 Å². The molecule has 0 unspecified atom stereocenters. The number of furan rings is 1. The van der Waals surface area contributed by atoms with Gasteiger partial charge in [0.2, 0.25) is 23.6 Å². The number of carbonyl (C=O) groups is 1.